The monoisotopic (exact) mass is 1060 g/mol. The van der Waals surface area contributed by atoms with E-state index in [-0.39, 0.29) is 24.5 Å². The van der Waals surface area contributed by atoms with Crippen LogP contribution in [0.15, 0.2) is 57.7 Å². The molecule has 68 heavy (non-hydrogen) atoms. The van der Waals surface area contributed by atoms with E-state index in [1.165, 1.54) is 61.0 Å². The molecule has 0 radical (unpaired) electrons. The number of carbonyl (C=O) groups is 2. The molecule has 0 unspecified atom stereocenters. The smallest absolute Gasteiger partial charge is 0.414 e. The molecule has 4 atom stereocenters. The zero-order valence-corrected chi connectivity index (χ0v) is 44.9. The molecule has 0 saturated carbocycles. The first-order valence-corrected chi connectivity index (χ1v) is 24.8. The Morgan fingerprint density at radius 2 is 0.853 bits per heavy atom. The summed E-state index contributed by atoms with van der Waals surface area (Å²) in [7, 11) is 0. The molecule has 0 aromatic carbocycles. The number of fused-ring (bicyclic) bond motifs is 4. The molecular weight excluding hydrogens is 996 g/mol. The summed E-state index contributed by atoms with van der Waals surface area (Å²) >= 11 is 6.78. The maximum atomic E-state index is 12.2. The number of halogens is 2. The quantitative estimate of drug-likeness (QED) is 0.152. The van der Waals surface area contributed by atoms with Crippen molar-refractivity contribution in [1.82, 2.24) is 19.9 Å². The number of nitrogens with zero attached hydrogens (tertiary/aromatic N) is 6. The maximum Gasteiger partial charge on any atom is 0.414 e. The largest absolute Gasteiger partial charge is 0.443 e. The average molecular weight is 1060 g/mol. The molecule has 0 bridgehead atoms. The Kier molecular flexibility index (Phi) is 22.3. The van der Waals surface area contributed by atoms with Gasteiger partial charge in [-0.3, -0.25) is 19.8 Å². The predicted octanol–water partition coefficient (Wildman–Crippen LogP) is 12.7. The van der Waals surface area contributed by atoms with E-state index in [0.717, 1.165) is 56.2 Å². The zero-order chi connectivity index (χ0) is 50.9. The lowest BCUT2D eigenvalue weighted by Crippen LogP contribution is -2.40. The summed E-state index contributed by atoms with van der Waals surface area (Å²) in [5, 5.41) is 0. The van der Waals surface area contributed by atoms with Gasteiger partial charge in [-0.2, -0.15) is 19.2 Å². The SMILES string of the molecule is C[C@H]1CCCc2ccc(Br)nc21.C[C@H]1CCN(C(=O)OC(C)(C)C)c2ccc(Br)nc21.Cc1ccc2c(n1)[C@@H](C)CCC2.Cc1ccc2c(n1)[C@@H](C)CCN2C(=O)OC(C)(C)C.O=C=O.O=C=O. The van der Waals surface area contributed by atoms with Gasteiger partial charge in [0.2, 0.25) is 0 Å². The summed E-state index contributed by atoms with van der Waals surface area (Å²) in [6.07, 6.45) is 9.41. The van der Waals surface area contributed by atoms with Gasteiger partial charge in [0.15, 0.2) is 0 Å². The summed E-state index contributed by atoms with van der Waals surface area (Å²) in [6, 6.07) is 16.3. The van der Waals surface area contributed by atoms with Crippen LogP contribution in [-0.2, 0) is 41.5 Å². The molecule has 0 N–H and O–H groups in total. The zero-order valence-electron chi connectivity index (χ0n) is 41.7. The van der Waals surface area contributed by atoms with Crippen molar-refractivity contribution in [3.05, 3.63) is 103 Å². The number of ether oxygens (including phenoxy) is 2. The van der Waals surface area contributed by atoms with Crippen LogP contribution in [0.5, 0.6) is 0 Å². The maximum absolute atomic E-state index is 12.2. The van der Waals surface area contributed by atoms with Crippen molar-refractivity contribution in [3.8, 4) is 0 Å². The molecule has 6 heterocycles. The van der Waals surface area contributed by atoms with E-state index >= 15 is 0 Å². The van der Waals surface area contributed by atoms with Crippen molar-refractivity contribution in [2.45, 2.75) is 169 Å². The number of rotatable bonds is 0. The molecule has 0 spiro atoms. The van der Waals surface area contributed by atoms with Crippen molar-refractivity contribution in [2.24, 2.45) is 0 Å². The van der Waals surface area contributed by atoms with Gasteiger partial charge in [0.05, 0.1) is 22.8 Å². The van der Waals surface area contributed by atoms with Crippen LogP contribution in [0.3, 0.4) is 0 Å². The van der Waals surface area contributed by atoms with Gasteiger partial charge in [-0.1, -0.05) is 39.8 Å². The molecule has 4 aliphatic rings. The van der Waals surface area contributed by atoms with Crippen molar-refractivity contribution in [2.75, 3.05) is 22.9 Å². The molecule has 4 aromatic rings. The van der Waals surface area contributed by atoms with Crippen molar-refractivity contribution >= 4 is 67.7 Å². The van der Waals surface area contributed by atoms with Crippen molar-refractivity contribution in [1.29, 1.82) is 0 Å². The van der Waals surface area contributed by atoms with Crippen LogP contribution in [0.2, 0.25) is 0 Å². The molecule has 0 fully saturated rings. The van der Waals surface area contributed by atoms with Crippen LogP contribution in [0.4, 0.5) is 21.0 Å². The summed E-state index contributed by atoms with van der Waals surface area (Å²) < 4.78 is 12.7. The number of pyridine rings is 4. The Morgan fingerprint density at radius 1 is 0.529 bits per heavy atom. The molecule has 2 aliphatic carbocycles. The molecule has 4 aromatic heterocycles. The Hall–Kier alpha value is -5.14. The minimum Gasteiger partial charge on any atom is -0.443 e. The number of hydrogen-bond donors (Lipinski definition) is 0. The van der Waals surface area contributed by atoms with E-state index in [1.807, 2.05) is 78.8 Å². The van der Waals surface area contributed by atoms with E-state index in [1.54, 1.807) is 9.80 Å². The van der Waals surface area contributed by atoms with Crippen LogP contribution in [-0.4, -0.2) is 68.7 Å². The number of aryl methyl sites for hydroxylation is 4. The first kappa shape index (κ1) is 57.2. The van der Waals surface area contributed by atoms with Gasteiger partial charge in [0.1, 0.15) is 20.4 Å². The number of hydrogen-bond acceptors (Lipinski definition) is 12. The number of amides is 2. The fourth-order valence-corrected chi connectivity index (χ4v) is 8.85. The van der Waals surface area contributed by atoms with E-state index in [4.69, 9.17) is 28.7 Å². The molecular formula is C52H68Br2N6O8. The minimum absolute atomic E-state index is 0.250. The average Bonchev–Trinajstić information content (AvgIpc) is 3.25. The first-order valence-electron chi connectivity index (χ1n) is 23.2. The van der Waals surface area contributed by atoms with Crippen LogP contribution in [0.25, 0.3) is 0 Å². The van der Waals surface area contributed by atoms with Crippen LogP contribution in [0, 0.1) is 13.8 Å². The Bertz CT molecular complexity index is 2220. The molecule has 0 saturated heterocycles. The highest BCUT2D eigenvalue weighted by Gasteiger charge is 2.32. The number of carbonyl (C=O) groups excluding carboxylic acids is 6. The van der Waals surface area contributed by atoms with E-state index in [2.05, 4.69) is 105 Å². The topological polar surface area (TPSA) is 179 Å². The standard InChI is InChI=1S/C15H22N2O2.C14H19BrN2O2.C11H15N.C10H12BrN.2CO2/c1-10-8-9-17(14(18)19-15(3,4)5)12-7-6-11(2)16-13(10)12;1-9-7-8-17(13(18)19-14(2,3)4)10-5-6-11(15)16-12(9)10;1-8-4-3-5-10-7-6-9(2)12-11(8)10;1-7-3-2-4-8-5-6-9(11)12-10(7)8;2*2-1-3/h6-7,10H,8-9H2,1-5H3;5-6,9H,7-8H2,1-4H3;6-8H,3-5H2,1-2H3;5-7H,2-4H2,1H3;;/t10-;9-;8-;7-;;/m0000../s1. The van der Waals surface area contributed by atoms with E-state index in [0.29, 0.717) is 36.8 Å². The number of anilines is 2. The molecule has 16 heteroatoms. The fraction of sp³-hybridized carbons (Fsp3) is 0.538. The summed E-state index contributed by atoms with van der Waals surface area (Å²) in [5.74, 6) is 2.06. The Balaban J connectivity index is 0.000000235. The van der Waals surface area contributed by atoms with Gasteiger partial charge in [-0.05, 0) is 198 Å². The lowest BCUT2D eigenvalue weighted by atomic mass is 9.88. The molecule has 2 aliphatic heterocycles. The van der Waals surface area contributed by atoms with Gasteiger partial charge < -0.3 is 9.47 Å². The fourth-order valence-electron chi connectivity index (χ4n) is 8.20. The van der Waals surface area contributed by atoms with Crippen molar-refractivity contribution in [3.63, 3.8) is 0 Å². The lowest BCUT2D eigenvalue weighted by Gasteiger charge is -2.33. The molecule has 2 amide bonds. The molecule has 8 rings (SSSR count). The minimum atomic E-state index is -0.483. The van der Waals surface area contributed by atoms with E-state index < -0.39 is 11.2 Å². The number of aromatic nitrogens is 4. The van der Waals surface area contributed by atoms with Gasteiger partial charge in [0.25, 0.3) is 0 Å². The lowest BCUT2D eigenvalue weighted by molar-refractivity contribution is -0.193. The third kappa shape index (κ3) is 17.7. The highest BCUT2D eigenvalue weighted by molar-refractivity contribution is 9.10. The highest BCUT2D eigenvalue weighted by Crippen LogP contribution is 2.37. The second kappa shape index (κ2) is 26.6. The second-order valence-electron chi connectivity index (χ2n) is 19.5. The van der Waals surface area contributed by atoms with Crippen molar-refractivity contribution < 1.29 is 38.2 Å². The summed E-state index contributed by atoms with van der Waals surface area (Å²) in [6.45, 7) is 25.5. The van der Waals surface area contributed by atoms with Crippen LogP contribution < -0.4 is 9.80 Å². The first-order chi connectivity index (χ1) is 31.9. The molecule has 14 nitrogen and oxygen atoms in total. The third-order valence-corrected chi connectivity index (χ3v) is 12.3. The Morgan fingerprint density at radius 3 is 1.29 bits per heavy atom. The Labute approximate surface area is 419 Å². The van der Waals surface area contributed by atoms with Gasteiger partial charge in [-0.15, -0.1) is 0 Å². The summed E-state index contributed by atoms with van der Waals surface area (Å²) in [5.41, 5.74) is 10.4. The van der Waals surface area contributed by atoms with E-state index in [9.17, 15) is 9.59 Å². The van der Waals surface area contributed by atoms with Gasteiger partial charge >= 0.3 is 24.5 Å². The normalized spacial score (nSPS) is 18.6. The predicted molar refractivity (Wildman–Crippen MR) is 268 cm³/mol. The van der Waals surface area contributed by atoms with Gasteiger partial charge in [-0.25, -0.2) is 19.6 Å². The van der Waals surface area contributed by atoms with Crippen LogP contribution in [0.1, 0.15) is 177 Å². The third-order valence-electron chi connectivity index (χ3n) is 11.5. The second-order valence-corrected chi connectivity index (χ2v) is 21.1. The summed E-state index contributed by atoms with van der Waals surface area (Å²) in [4.78, 5) is 78.5. The molecule has 368 valence electrons. The highest BCUT2D eigenvalue weighted by atomic mass is 79.9. The van der Waals surface area contributed by atoms with Crippen LogP contribution >= 0.6 is 31.9 Å². The van der Waals surface area contributed by atoms with Gasteiger partial charge in [0, 0.05) is 47.7 Å².